The number of anilines is 5. The summed E-state index contributed by atoms with van der Waals surface area (Å²) < 4.78 is 0. The van der Waals surface area contributed by atoms with Crippen LogP contribution in [-0.2, 0) is 0 Å². The lowest BCUT2D eigenvalue weighted by molar-refractivity contribution is 1.21. The molecule has 0 unspecified atom stereocenters. The molecule has 0 aliphatic heterocycles. The van der Waals surface area contributed by atoms with Gasteiger partial charge in [0.05, 0.1) is 11.6 Å². The lowest BCUT2D eigenvalue weighted by atomic mass is 10.0. The first-order valence-corrected chi connectivity index (χ1v) is 13.0. The maximum Gasteiger partial charge on any atom is 0.0991 e. The Kier molecular flexibility index (Phi) is 6.52. The van der Waals surface area contributed by atoms with Crippen molar-refractivity contribution in [3.8, 4) is 17.2 Å². The number of benzene rings is 6. The second-order valence-corrected chi connectivity index (χ2v) is 9.51. The molecule has 0 aliphatic rings. The molecule has 0 heterocycles. The fourth-order valence-electron chi connectivity index (χ4n) is 4.93. The van der Waals surface area contributed by atoms with Gasteiger partial charge in [-0.1, -0.05) is 72.8 Å². The zero-order chi connectivity index (χ0) is 26.6. The highest BCUT2D eigenvalue weighted by Gasteiger charge is 2.13. The Balaban J connectivity index is 1.29. The summed E-state index contributed by atoms with van der Waals surface area (Å²) in [4.78, 5) is 4.42. The van der Waals surface area contributed by atoms with E-state index >= 15 is 0 Å². The molecule has 6 rings (SSSR count). The summed E-state index contributed by atoms with van der Waals surface area (Å²) >= 11 is 0. The number of para-hydroxylation sites is 1. The van der Waals surface area contributed by atoms with Crippen molar-refractivity contribution in [2.45, 2.75) is 0 Å². The SMILES string of the molecule is CN(c1ccc(C#N)cc1)c1ccc(-c2ccc(N(c3ccccc3)c3ccc4ccccc4c3)cc2)cc1. The fourth-order valence-corrected chi connectivity index (χ4v) is 4.93. The number of rotatable bonds is 6. The van der Waals surface area contributed by atoms with Crippen LogP contribution in [0.5, 0.6) is 0 Å². The Morgan fingerprint density at radius 3 is 1.56 bits per heavy atom. The minimum atomic E-state index is 0.664. The topological polar surface area (TPSA) is 30.3 Å². The normalized spacial score (nSPS) is 10.7. The molecule has 186 valence electrons. The predicted octanol–water partition coefficient (Wildman–Crippen LogP) is 9.62. The van der Waals surface area contributed by atoms with E-state index in [9.17, 15) is 0 Å². The molecule has 3 heteroatoms. The highest BCUT2D eigenvalue weighted by Crippen LogP contribution is 2.37. The Hall–Kier alpha value is -5.33. The molecule has 0 saturated heterocycles. The second kappa shape index (κ2) is 10.6. The van der Waals surface area contributed by atoms with E-state index in [1.54, 1.807) is 0 Å². The maximum absolute atomic E-state index is 9.06. The van der Waals surface area contributed by atoms with Gasteiger partial charge in [0.1, 0.15) is 0 Å². The largest absolute Gasteiger partial charge is 0.345 e. The van der Waals surface area contributed by atoms with Crippen LogP contribution in [0.4, 0.5) is 28.4 Å². The van der Waals surface area contributed by atoms with Crippen LogP contribution in [0.1, 0.15) is 5.56 Å². The van der Waals surface area contributed by atoms with E-state index in [-0.39, 0.29) is 0 Å². The van der Waals surface area contributed by atoms with Crippen LogP contribution in [0.2, 0.25) is 0 Å². The van der Waals surface area contributed by atoms with Crippen LogP contribution in [0, 0.1) is 11.3 Å². The first-order chi connectivity index (χ1) is 19.2. The lowest BCUT2D eigenvalue weighted by Gasteiger charge is -2.26. The molecule has 0 N–H and O–H groups in total. The summed E-state index contributed by atoms with van der Waals surface area (Å²) in [5.41, 5.74) is 8.48. The Bertz CT molecular complexity index is 1750. The fraction of sp³-hybridized carbons (Fsp3) is 0.0278. The van der Waals surface area contributed by atoms with E-state index < -0.39 is 0 Å². The number of hydrogen-bond donors (Lipinski definition) is 0. The van der Waals surface area contributed by atoms with Gasteiger partial charge in [-0.3, -0.25) is 0 Å². The van der Waals surface area contributed by atoms with Crippen molar-refractivity contribution in [3.05, 3.63) is 151 Å². The highest BCUT2D eigenvalue weighted by molar-refractivity contribution is 5.89. The van der Waals surface area contributed by atoms with Crippen molar-refractivity contribution in [2.24, 2.45) is 0 Å². The summed E-state index contributed by atoms with van der Waals surface area (Å²) in [6.07, 6.45) is 0. The summed E-state index contributed by atoms with van der Waals surface area (Å²) in [6, 6.07) is 52.7. The second-order valence-electron chi connectivity index (χ2n) is 9.51. The summed E-state index contributed by atoms with van der Waals surface area (Å²) in [6.45, 7) is 0. The van der Waals surface area contributed by atoms with Crippen molar-refractivity contribution >= 4 is 39.2 Å². The van der Waals surface area contributed by atoms with E-state index in [0.717, 1.165) is 39.6 Å². The van der Waals surface area contributed by atoms with Crippen molar-refractivity contribution in [1.29, 1.82) is 5.26 Å². The van der Waals surface area contributed by atoms with Crippen molar-refractivity contribution in [3.63, 3.8) is 0 Å². The van der Waals surface area contributed by atoms with Crippen LogP contribution < -0.4 is 9.80 Å². The first-order valence-electron chi connectivity index (χ1n) is 13.0. The number of nitrogens with zero attached hydrogens (tertiary/aromatic N) is 3. The first kappa shape index (κ1) is 24.0. The van der Waals surface area contributed by atoms with Gasteiger partial charge in [0.15, 0.2) is 0 Å². The molecule has 0 spiro atoms. The molecule has 0 aliphatic carbocycles. The van der Waals surface area contributed by atoms with Gasteiger partial charge in [-0.15, -0.1) is 0 Å². The predicted molar refractivity (Wildman–Crippen MR) is 163 cm³/mol. The van der Waals surface area contributed by atoms with Crippen LogP contribution in [0.15, 0.2) is 146 Å². The van der Waals surface area contributed by atoms with Gasteiger partial charge in [0, 0.05) is 35.5 Å². The van der Waals surface area contributed by atoms with Gasteiger partial charge < -0.3 is 9.80 Å². The molecule has 0 fully saturated rings. The minimum absolute atomic E-state index is 0.664. The third-order valence-corrected chi connectivity index (χ3v) is 7.10. The van der Waals surface area contributed by atoms with E-state index in [1.165, 1.54) is 10.8 Å². The van der Waals surface area contributed by atoms with E-state index in [4.69, 9.17) is 5.26 Å². The number of hydrogen-bond acceptors (Lipinski definition) is 3. The Morgan fingerprint density at radius 2 is 0.949 bits per heavy atom. The average Bonchev–Trinajstić information content (AvgIpc) is 3.02. The molecular weight excluding hydrogens is 474 g/mol. The quantitative estimate of drug-likeness (QED) is 0.228. The monoisotopic (exact) mass is 501 g/mol. The van der Waals surface area contributed by atoms with E-state index in [1.807, 2.05) is 37.4 Å². The van der Waals surface area contributed by atoms with Crippen molar-refractivity contribution < 1.29 is 0 Å². The zero-order valence-electron chi connectivity index (χ0n) is 21.7. The maximum atomic E-state index is 9.06. The summed E-state index contributed by atoms with van der Waals surface area (Å²) in [5, 5.41) is 11.5. The van der Waals surface area contributed by atoms with Crippen molar-refractivity contribution in [2.75, 3.05) is 16.8 Å². The standard InChI is InChI=1S/C36H27N3/c1-38(32-18-11-27(26-37)12-19-32)33-20-13-29(14-21-33)30-15-22-35(23-16-30)39(34-9-3-2-4-10-34)36-24-17-28-7-5-6-8-31(28)25-36/h2-25H,1H3. The minimum Gasteiger partial charge on any atom is -0.345 e. The van der Waals surface area contributed by atoms with Crippen LogP contribution in [-0.4, -0.2) is 7.05 Å². The van der Waals surface area contributed by atoms with Gasteiger partial charge in [0.25, 0.3) is 0 Å². The molecule has 0 bridgehead atoms. The summed E-state index contributed by atoms with van der Waals surface area (Å²) in [7, 11) is 2.04. The Morgan fingerprint density at radius 1 is 0.462 bits per heavy atom. The average molecular weight is 502 g/mol. The van der Waals surface area contributed by atoms with Crippen LogP contribution >= 0.6 is 0 Å². The van der Waals surface area contributed by atoms with Crippen molar-refractivity contribution in [1.82, 2.24) is 0 Å². The highest BCUT2D eigenvalue weighted by atomic mass is 15.1. The van der Waals surface area contributed by atoms with Crippen LogP contribution in [0.3, 0.4) is 0 Å². The van der Waals surface area contributed by atoms with Gasteiger partial charge in [-0.25, -0.2) is 0 Å². The Labute approximate surface area is 229 Å². The molecule has 6 aromatic rings. The molecule has 0 atom stereocenters. The third kappa shape index (κ3) is 4.97. The van der Waals surface area contributed by atoms with E-state index in [0.29, 0.717) is 5.56 Å². The zero-order valence-corrected chi connectivity index (χ0v) is 21.7. The summed E-state index contributed by atoms with van der Waals surface area (Å²) in [5.74, 6) is 0. The van der Waals surface area contributed by atoms with Gasteiger partial charge in [-0.05, 0) is 94.7 Å². The molecule has 0 aromatic heterocycles. The lowest BCUT2D eigenvalue weighted by Crippen LogP contribution is -2.09. The number of fused-ring (bicyclic) bond motifs is 1. The molecular formula is C36H27N3. The number of nitriles is 1. The molecule has 6 aromatic carbocycles. The molecule has 3 nitrogen and oxygen atoms in total. The van der Waals surface area contributed by atoms with Gasteiger partial charge >= 0.3 is 0 Å². The smallest absolute Gasteiger partial charge is 0.0991 e. The van der Waals surface area contributed by atoms with Gasteiger partial charge in [-0.2, -0.15) is 5.26 Å². The van der Waals surface area contributed by atoms with Gasteiger partial charge in [0.2, 0.25) is 0 Å². The third-order valence-electron chi connectivity index (χ3n) is 7.10. The van der Waals surface area contributed by atoms with Crippen LogP contribution in [0.25, 0.3) is 21.9 Å². The molecule has 0 radical (unpaired) electrons. The van der Waals surface area contributed by atoms with E-state index in [2.05, 4.69) is 131 Å². The molecule has 0 amide bonds. The molecule has 39 heavy (non-hydrogen) atoms. The molecule has 0 saturated carbocycles.